The van der Waals surface area contributed by atoms with E-state index in [-0.39, 0.29) is 16.3 Å². The Balaban J connectivity index is 1.90. The van der Waals surface area contributed by atoms with Gasteiger partial charge in [0.2, 0.25) is 0 Å². The van der Waals surface area contributed by atoms with Crippen LogP contribution in [0.2, 0.25) is 5.02 Å². The molecule has 0 bridgehead atoms. The van der Waals surface area contributed by atoms with Crippen molar-refractivity contribution in [2.75, 3.05) is 10.8 Å². The van der Waals surface area contributed by atoms with E-state index in [9.17, 15) is 23.3 Å². The van der Waals surface area contributed by atoms with Gasteiger partial charge in [0, 0.05) is 22.7 Å². The number of nitro groups is 1. The number of anilines is 1. The molecule has 0 aliphatic carbocycles. The van der Waals surface area contributed by atoms with Crippen LogP contribution in [0.4, 0.5) is 11.4 Å². The van der Waals surface area contributed by atoms with E-state index in [4.69, 9.17) is 11.6 Å². The van der Waals surface area contributed by atoms with Crippen molar-refractivity contribution in [2.45, 2.75) is 18.7 Å². The first-order valence-electron chi connectivity index (χ1n) is 10.0. The van der Waals surface area contributed by atoms with Gasteiger partial charge in [-0.25, -0.2) is 13.8 Å². The number of benzene rings is 3. The summed E-state index contributed by atoms with van der Waals surface area (Å²) in [7, 11) is -4.10. The number of carbonyl (C=O) groups is 1. The molecule has 0 aliphatic heterocycles. The fourth-order valence-electron chi connectivity index (χ4n) is 3.11. The number of nitrogens with zero attached hydrogens (tertiary/aromatic N) is 3. The molecule has 0 fully saturated rings. The number of non-ortho nitro benzene ring substituents is 1. The predicted molar refractivity (Wildman–Crippen MR) is 131 cm³/mol. The number of rotatable bonds is 8. The average Bonchev–Trinajstić information content (AvgIpc) is 2.83. The molecular formula is C23H21ClN4O5S. The fraction of sp³-hybridized carbons (Fsp3) is 0.130. The maximum atomic E-state index is 13.4. The SMILES string of the molecule is C/C(=N/NC(=O)CN(c1cccc(Cl)c1C)S(=O)(=O)c1ccccc1)c1cccc([N+](=O)[O-])c1. The smallest absolute Gasteiger partial charge is 0.270 e. The van der Waals surface area contributed by atoms with Crippen molar-refractivity contribution < 1.29 is 18.1 Å². The van der Waals surface area contributed by atoms with Gasteiger partial charge in [-0.2, -0.15) is 5.10 Å². The van der Waals surface area contributed by atoms with Crippen LogP contribution in [0.25, 0.3) is 0 Å². The second-order valence-corrected chi connectivity index (χ2v) is 9.52. The Morgan fingerprint density at radius 3 is 2.44 bits per heavy atom. The fourth-order valence-corrected chi connectivity index (χ4v) is 4.78. The van der Waals surface area contributed by atoms with Gasteiger partial charge in [0.25, 0.3) is 21.6 Å². The molecule has 0 heterocycles. The van der Waals surface area contributed by atoms with Crippen molar-refractivity contribution >= 4 is 44.6 Å². The molecule has 0 atom stereocenters. The van der Waals surface area contributed by atoms with Crippen LogP contribution < -0.4 is 9.73 Å². The van der Waals surface area contributed by atoms with E-state index in [0.717, 1.165) is 4.31 Å². The third kappa shape index (κ3) is 5.59. The summed E-state index contributed by atoms with van der Waals surface area (Å²) in [5, 5.41) is 15.3. The number of nitrogens with one attached hydrogen (secondary N) is 1. The van der Waals surface area contributed by atoms with E-state index in [1.54, 1.807) is 56.3 Å². The summed E-state index contributed by atoms with van der Waals surface area (Å²) >= 11 is 6.20. The van der Waals surface area contributed by atoms with Gasteiger partial charge in [-0.15, -0.1) is 0 Å². The third-order valence-corrected chi connectivity index (χ3v) is 7.13. The molecule has 3 rings (SSSR count). The zero-order valence-electron chi connectivity index (χ0n) is 18.3. The zero-order valence-corrected chi connectivity index (χ0v) is 19.9. The van der Waals surface area contributed by atoms with Gasteiger partial charge in [-0.05, 0) is 43.7 Å². The van der Waals surface area contributed by atoms with Gasteiger partial charge in [0.15, 0.2) is 0 Å². The molecule has 0 spiro atoms. The van der Waals surface area contributed by atoms with Gasteiger partial charge in [0.1, 0.15) is 6.54 Å². The Kier molecular flexibility index (Phi) is 7.64. The van der Waals surface area contributed by atoms with E-state index < -0.39 is 27.4 Å². The molecule has 9 nitrogen and oxygen atoms in total. The lowest BCUT2D eigenvalue weighted by atomic mass is 10.1. The average molecular weight is 501 g/mol. The Hall–Kier alpha value is -3.76. The highest BCUT2D eigenvalue weighted by Crippen LogP contribution is 2.30. The van der Waals surface area contributed by atoms with Crippen molar-refractivity contribution in [3.05, 3.63) is 99.1 Å². The van der Waals surface area contributed by atoms with Crippen LogP contribution in [-0.4, -0.2) is 31.5 Å². The summed E-state index contributed by atoms with van der Waals surface area (Å²) in [6.07, 6.45) is 0. The third-order valence-electron chi connectivity index (χ3n) is 4.95. The number of sulfonamides is 1. The number of hydrogen-bond acceptors (Lipinski definition) is 6. The van der Waals surface area contributed by atoms with Crippen molar-refractivity contribution in [1.82, 2.24) is 5.43 Å². The first-order valence-corrected chi connectivity index (χ1v) is 11.8. The minimum atomic E-state index is -4.10. The summed E-state index contributed by atoms with van der Waals surface area (Å²) < 4.78 is 27.8. The second-order valence-electron chi connectivity index (χ2n) is 7.25. The molecule has 34 heavy (non-hydrogen) atoms. The van der Waals surface area contributed by atoms with Crippen LogP contribution in [0.5, 0.6) is 0 Å². The molecule has 3 aromatic rings. The van der Waals surface area contributed by atoms with E-state index in [1.807, 2.05) is 0 Å². The molecule has 0 saturated carbocycles. The van der Waals surface area contributed by atoms with Crippen LogP contribution >= 0.6 is 11.6 Å². The highest BCUT2D eigenvalue weighted by molar-refractivity contribution is 7.92. The van der Waals surface area contributed by atoms with E-state index in [0.29, 0.717) is 21.9 Å². The highest BCUT2D eigenvalue weighted by Gasteiger charge is 2.28. The van der Waals surface area contributed by atoms with E-state index in [1.165, 1.54) is 30.3 Å². The number of hydrogen-bond donors (Lipinski definition) is 1. The van der Waals surface area contributed by atoms with Crippen LogP contribution in [0.3, 0.4) is 0 Å². The lowest BCUT2D eigenvalue weighted by Gasteiger charge is -2.25. The predicted octanol–water partition coefficient (Wildman–Crippen LogP) is 4.29. The Labute approximate surface area is 201 Å². The summed E-state index contributed by atoms with van der Waals surface area (Å²) in [5.41, 5.74) is 3.71. The molecule has 0 radical (unpaired) electrons. The summed E-state index contributed by atoms with van der Waals surface area (Å²) in [4.78, 5) is 23.2. The standard InChI is InChI=1S/C23H21ClN4O5S/c1-16-21(24)12-7-13-22(16)27(34(32,33)20-10-4-3-5-11-20)15-23(29)26-25-17(2)18-8-6-9-19(14-18)28(30)31/h3-14H,15H2,1-2H3,(H,26,29)/b25-17-. The largest absolute Gasteiger partial charge is 0.271 e. The number of hydrazone groups is 1. The van der Waals surface area contributed by atoms with Crippen LogP contribution in [0.15, 0.2) is 82.8 Å². The maximum absolute atomic E-state index is 13.4. The van der Waals surface area contributed by atoms with Crippen molar-refractivity contribution in [3.8, 4) is 0 Å². The second kappa shape index (κ2) is 10.4. The first-order chi connectivity index (χ1) is 16.1. The lowest BCUT2D eigenvalue weighted by Crippen LogP contribution is -2.40. The Morgan fingerprint density at radius 1 is 1.09 bits per heavy atom. The van der Waals surface area contributed by atoms with Crippen LogP contribution in [0.1, 0.15) is 18.1 Å². The molecule has 0 unspecified atom stereocenters. The molecule has 0 saturated heterocycles. The number of carbonyl (C=O) groups excluding carboxylic acids is 1. The molecule has 0 aliphatic rings. The summed E-state index contributed by atoms with van der Waals surface area (Å²) in [5.74, 6) is -0.705. The van der Waals surface area contributed by atoms with E-state index >= 15 is 0 Å². The van der Waals surface area contributed by atoms with Crippen molar-refractivity contribution in [3.63, 3.8) is 0 Å². The molecule has 1 N–H and O–H groups in total. The zero-order chi connectivity index (χ0) is 24.9. The lowest BCUT2D eigenvalue weighted by molar-refractivity contribution is -0.384. The molecular weight excluding hydrogens is 480 g/mol. The first kappa shape index (κ1) is 24.9. The molecule has 11 heteroatoms. The highest BCUT2D eigenvalue weighted by atomic mass is 35.5. The van der Waals surface area contributed by atoms with E-state index in [2.05, 4.69) is 10.5 Å². The Morgan fingerprint density at radius 2 is 1.76 bits per heavy atom. The summed E-state index contributed by atoms with van der Waals surface area (Å²) in [6, 6.07) is 18.3. The van der Waals surface area contributed by atoms with Crippen molar-refractivity contribution in [2.24, 2.45) is 5.10 Å². The topological polar surface area (TPSA) is 122 Å². The maximum Gasteiger partial charge on any atom is 0.270 e. The molecule has 3 aromatic carbocycles. The van der Waals surface area contributed by atoms with Gasteiger partial charge >= 0.3 is 0 Å². The monoisotopic (exact) mass is 500 g/mol. The van der Waals surface area contributed by atoms with Gasteiger partial charge in [-0.3, -0.25) is 19.2 Å². The minimum absolute atomic E-state index is 0.0125. The number of halogens is 1. The number of amides is 1. The Bertz CT molecular complexity index is 1360. The molecule has 1 amide bonds. The normalized spacial score (nSPS) is 11.7. The molecule has 176 valence electrons. The van der Waals surface area contributed by atoms with Gasteiger partial charge < -0.3 is 0 Å². The van der Waals surface area contributed by atoms with Gasteiger partial charge in [-0.1, -0.05) is 48.0 Å². The molecule has 0 aromatic heterocycles. The van der Waals surface area contributed by atoms with Gasteiger partial charge in [0.05, 0.1) is 21.2 Å². The van der Waals surface area contributed by atoms with Crippen LogP contribution in [0, 0.1) is 17.0 Å². The minimum Gasteiger partial charge on any atom is -0.271 e. The number of nitro benzene ring substituents is 1. The summed E-state index contributed by atoms with van der Waals surface area (Å²) in [6.45, 7) is 2.66. The quantitative estimate of drug-likeness (QED) is 0.281. The van der Waals surface area contributed by atoms with Crippen molar-refractivity contribution in [1.29, 1.82) is 0 Å². The van der Waals surface area contributed by atoms with Crippen LogP contribution in [-0.2, 0) is 14.8 Å².